The average molecular weight is 1290 g/mol. The first-order valence-electron chi connectivity index (χ1n) is 26.6. The van der Waals surface area contributed by atoms with E-state index in [0.717, 1.165) is 50.6 Å². The molecule has 2 atom stereocenters. The zero-order chi connectivity index (χ0) is 60.6. The molecule has 0 aromatic heterocycles. The summed E-state index contributed by atoms with van der Waals surface area (Å²) in [5.41, 5.74) is 4.57. The first-order chi connectivity index (χ1) is 38.2. The molecule has 0 aliphatic rings. The van der Waals surface area contributed by atoms with Gasteiger partial charge in [0.2, 0.25) is 40.1 Å². The van der Waals surface area contributed by atoms with Crippen LogP contribution in [-0.2, 0) is 60.1 Å². The molecule has 0 radical (unpaired) electrons. The van der Waals surface area contributed by atoms with Crippen LogP contribution >= 0.6 is 0 Å². The maximum atomic E-state index is 15.0. The number of rotatable bonds is 29. The number of nitrogens with zero attached hydrogens (tertiary/aromatic N) is 6. The van der Waals surface area contributed by atoms with Gasteiger partial charge >= 0.3 is 59.1 Å². The quantitative estimate of drug-likeness (QED) is 0.0615. The number of benzene rings is 6. The molecule has 0 amide bonds. The van der Waals surface area contributed by atoms with Crippen LogP contribution in [0.4, 0.5) is 0 Å². The van der Waals surface area contributed by atoms with Crippen LogP contribution in [0.25, 0.3) is 9.44 Å². The minimum atomic E-state index is -4.62. The van der Waals surface area contributed by atoms with Crippen molar-refractivity contribution in [2.24, 2.45) is 11.8 Å². The van der Waals surface area contributed by atoms with Crippen molar-refractivity contribution in [3.8, 4) is 0 Å². The van der Waals surface area contributed by atoms with E-state index in [1.807, 2.05) is 0 Å². The van der Waals surface area contributed by atoms with Crippen molar-refractivity contribution < 1.29 is 110 Å². The van der Waals surface area contributed by atoms with E-state index in [4.69, 9.17) is 0 Å². The minimum absolute atomic E-state index is 0. The van der Waals surface area contributed by atoms with Crippen molar-refractivity contribution in [3.05, 3.63) is 188 Å². The number of sulfonamides is 6. The van der Waals surface area contributed by atoms with Gasteiger partial charge in [0.05, 0.1) is 19.6 Å². The van der Waals surface area contributed by atoms with E-state index in [-0.39, 0.29) is 88.5 Å². The van der Waals surface area contributed by atoms with E-state index in [1.54, 1.807) is 142 Å². The Hall–Kier alpha value is -3.22. The molecule has 0 aliphatic heterocycles. The fourth-order valence-electron chi connectivity index (χ4n) is 8.48. The largest absolute Gasteiger partial charge is 1.00 e. The van der Waals surface area contributed by atoms with Crippen LogP contribution in [0.3, 0.4) is 0 Å². The predicted octanol–water partition coefficient (Wildman–Crippen LogP) is 3.18. The maximum Gasteiger partial charge on any atom is 1.00 e. The molecule has 0 heterocycles. The summed E-state index contributed by atoms with van der Waals surface area (Å²) in [4.78, 5) is -0.913. The molecule has 0 N–H and O–H groups in total. The first kappa shape index (κ1) is 73.3. The summed E-state index contributed by atoms with van der Waals surface area (Å²) < 4.78 is 187. The molecule has 0 aliphatic carbocycles. The maximum absolute atomic E-state index is 15.0. The third-order valence-corrected chi connectivity index (χ3v) is 24.4. The van der Waals surface area contributed by atoms with Gasteiger partial charge in [0, 0.05) is 49.1 Å². The molecule has 0 unspecified atom stereocenters. The summed E-state index contributed by atoms with van der Waals surface area (Å²) >= 11 is 0. The molecule has 26 heteroatoms. The van der Waals surface area contributed by atoms with Crippen LogP contribution in [0.5, 0.6) is 0 Å². The van der Waals surface area contributed by atoms with E-state index in [1.165, 1.54) is 72.8 Å². The Labute approximate surface area is 544 Å². The molecular weight excluding hydrogens is 1210 g/mol. The van der Waals surface area contributed by atoms with Gasteiger partial charge in [-0.3, -0.25) is 0 Å². The second-order valence-corrected chi connectivity index (χ2v) is 32.2. The molecule has 84 heavy (non-hydrogen) atoms. The topological polar surface area (TPSA) is 246 Å². The molecule has 0 saturated heterocycles. The van der Waals surface area contributed by atoms with E-state index in [2.05, 4.69) is 9.44 Å². The van der Waals surface area contributed by atoms with Crippen LogP contribution in [-0.4, -0.2) is 132 Å². The number of hydrogen-bond acceptors (Lipinski definition) is 12. The summed E-state index contributed by atoms with van der Waals surface area (Å²) in [6.07, 6.45) is 0. The van der Waals surface area contributed by atoms with Gasteiger partial charge in [-0.15, -0.1) is 12.1 Å². The van der Waals surface area contributed by atoms with Crippen molar-refractivity contribution in [2.45, 2.75) is 111 Å². The number of aryl methyl sites for hydroxylation is 6. The summed E-state index contributed by atoms with van der Waals surface area (Å²) in [6.45, 7) is 12.8. The van der Waals surface area contributed by atoms with Crippen molar-refractivity contribution >= 4 is 60.1 Å². The first-order valence-corrected chi connectivity index (χ1v) is 35.2. The molecule has 0 fully saturated rings. The molecule has 0 spiro atoms. The minimum Gasteiger partial charge on any atom is -0.541 e. The van der Waals surface area contributed by atoms with Gasteiger partial charge in [0.1, 0.15) is 20.0 Å². The number of hydrogen-bond donors (Lipinski definition) is 0. The fourth-order valence-corrected chi connectivity index (χ4v) is 16.8. The molecular formula is C58H74N6Na2O12S6. The average Bonchev–Trinajstić information content (AvgIpc) is 1.80. The molecule has 446 valence electrons. The van der Waals surface area contributed by atoms with Crippen molar-refractivity contribution in [3.63, 3.8) is 0 Å². The Morgan fingerprint density at radius 3 is 0.643 bits per heavy atom. The zero-order valence-electron chi connectivity index (χ0n) is 49.9. The van der Waals surface area contributed by atoms with Crippen molar-refractivity contribution in [1.82, 2.24) is 17.2 Å². The van der Waals surface area contributed by atoms with Gasteiger partial charge < -0.3 is 9.44 Å². The van der Waals surface area contributed by atoms with Gasteiger partial charge in [-0.05, 0) is 127 Å². The summed E-state index contributed by atoms with van der Waals surface area (Å²) in [6, 6.07) is 33.4. The zero-order valence-corrected chi connectivity index (χ0v) is 58.8. The van der Waals surface area contributed by atoms with Crippen LogP contribution in [0.2, 0.25) is 0 Å². The second kappa shape index (κ2) is 30.8. The second-order valence-electron chi connectivity index (χ2n) is 21.2. The third kappa shape index (κ3) is 19.1. The van der Waals surface area contributed by atoms with E-state index >= 15 is 16.8 Å². The molecule has 6 aromatic rings. The summed E-state index contributed by atoms with van der Waals surface area (Å²) in [5.74, 6) is -1.11. The van der Waals surface area contributed by atoms with Crippen molar-refractivity contribution in [1.29, 1.82) is 0 Å². The Morgan fingerprint density at radius 1 is 0.286 bits per heavy atom. The standard InChI is InChI=1S/C58H74N6O12S6.2Na/c1-43(2)57(59-77(65,66)51-23-11-45(5)12-24-51)41-63(81(73,74)55-31-19-49(9)20-32-55)39-37-61(79(69,70)53-27-15-47(7)16-28-53)35-36-62(80(71,72)54-29-17-48(8)18-30-54)38-40-64(82(75,76)56-33-21-50(10)22-34-56)42-58(44(3)4)60-78(67,68)52-25-13-46(6)14-26-52;;/h11-34,43-44,57-58H,35-42H2,1-10H3;;/q-2;2*+1/t57-,58-;;/m1../s1. The van der Waals surface area contributed by atoms with E-state index in [9.17, 15) is 33.7 Å². The Kier molecular flexibility index (Phi) is 26.9. The van der Waals surface area contributed by atoms with Gasteiger partial charge in [-0.2, -0.15) is 17.2 Å². The molecule has 0 bridgehead atoms. The molecule has 6 aromatic carbocycles. The van der Waals surface area contributed by atoms with E-state index < -0.39 is 136 Å². The Morgan fingerprint density at radius 2 is 0.452 bits per heavy atom. The van der Waals surface area contributed by atoms with Crippen molar-refractivity contribution in [2.75, 3.05) is 52.4 Å². The molecule has 6 rings (SSSR count). The third-order valence-electron chi connectivity index (χ3n) is 13.9. The Bertz CT molecular complexity index is 3570. The van der Waals surface area contributed by atoms with Gasteiger partial charge in [0.25, 0.3) is 0 Å². The van der Waals surface area contributed by atoms with E-state index in [0.29, 0.717) is 0 Å². The predicted molar refractivity (Wildman–Crippen MR) is 320 cm³/mol. The van der Waals surface area contributed by atoms with Gasteiger partial charge in [-0.1, -0.05) is 146 Å². The fraction of sp³-hybridized carbons (Fsp3) is 0.379. The summed E-state index contributed by atoms with van der Waals surface area (Å²) in [7, 11) is -27.0. The van der Waals surface area contributed by atoms with Crippen LogP contribution < -0.4 is 59.1 Å². The van der Waals surface area contributed by atoms with Crippen LogP contribution in [0.15, 0.2) is 175 Å². The smallest absolute Gasteiger partial charge is 0.541 e. The molecule has 0 saturated carbocycles. The normalized spacial score (nSPS) is 13.6. The van der Waals surface area contributed by atoms with Crippen LogP contribution in [0.1, 0.15) is 61.1 Å². The summed E-state index contributed by atoms with van der Waals surface area (Å²) in [5, 5.41) is 0. The monoisotopic (exact) mass is 1280 g/mol. The SMILES string of the molecule is Cc1ccc(S(=O)(=O)[N-][C@H](CN(CCN(CCN(CCN(C[C@@H]([N-]S(=O)(=O)c2ccc(C)cc2)C(C)C)S(=O)(=O)c2ccc(C)cc2)S(=O)(=O)c2ccc(C)cc2)S(=O)(=O)c2ccc(C)cc2)S(=O)(=O)c2ccc(C)cc2)C(C)C)cc1.[Na+].[Na+]. The van der Waals surface area contributed by atoms with Gasteiger partial charge in [0.15, 0.2) is 0 Å². The Balaban J connectivity index is 0.00000757. The molecule has 18 nitrogen and oxygen atoms in total. The van der Waals surface area contributed by atoms with Gasteiger partial charge in [-0.25, -0.2) is 50.5 Å². The van der Waals surface area contributed by atoms with Crippen LogP contribution in [0, 0.1) is 53.4 Å².